The average molecular weight is 357 g/mol. The van der Waals surface area contributed by atoms with Gasteiger partial charge in [-0.3, -0.25) is 0 Å². The van der Waals surface area contributed by atoms with Gasteiger partial charge < -0.3 is 19.9 Å². The molecule has 1 aliphatic carbocycles. The lowest BCUT2D eigenvalue weighted by atomic mass is 9.92. The van der Waals surface area contributed by atoms with Crippen molar-refractivity contribution in [2.45, 2.75) is 37.7 Å². The van der Waals surface area contributed by atoms with Crippen LogP contribution in [0.4, 0.5) is 4.39 Å². The van der Waals surface area contributed by atoms with Crippen molar-refractivity contribution in [3.05, 3.63) is 59.9 Å². The van der Waals surface area contributed by atoms with Crippen LogP contribution in [0.1, 0.15) is 29.8 Å². The Kier molecular flexibility index (Phi) is 4.22. The molecule has 5 atom stereocenters. The molecule has 136 valence electrons. The highest BCUT2D eigenvalue weighted by molar-refractivity contribution is 5.78. The van der Waals surface area contributed by atoms with Gasteiger partial charge in [-0.25, -0.2) is 14.4 Å². The quantitative estimate of drug-likeness (QED) is 0.666. The molecule has 3 aromatic rings. The lowest BCUT2D eigenvalue weighted by molar-refractivity contribution is -0.0264. The van der Waals surface area contributed by atoms with E-state index in [1.54, 1.807) is 0 Å². The highest BCUT2D eigenvalue weighted by atomic mass is 19.1. The van der Waals surface area contributed by atoms with E-state index in [4.69, 9.17) is 0 Å². The number of hydrogen-bond acceptors (Lipinski definition) is 5. The molecule has 1 unspecified atom stereocenters. The summed E-state index contributed by atoms with van der Waals surface area (Å²) in [5, 5.41) is 32.6. The maximum absolute atomic E-state index is 13.1. The van der Waals surface area contributed by atoms with Crippen molar-refractivity contribution in [2.24, 2.45) is 5.92 Å². The van der Waals surface area contributed by atoms with Gasteiger partial charge in [0.2, 0.25) is 0 Å². The second kappa shape index (κ2) is 6.42. The molecule has 2 heterocycles. The molecule has 0 amide bonds. The van der Waals surface area contributed by atoms with Crippen molar-refractivity contribution in [3.8, 4) is 0 Å². The van der Waals surface area contributed by atoms with Gasteiger partial charge in [-0.15, -0.1) is 0 Å². The van der Waals surface area contributed by atoms with Gasteiger partial charge in [-0.05, 0) is 37.1 Å². The predicted molar refractivity (Wildman–Crippen MR) is 92.8 cm³/mol. The maximum Gasteiger partial charge on any atom is 0.143 e. The van der Waals surface area contributed by atoms with E-state index < -0.39 is 30.3 Å². The Balaban J connectivity index is 1.65. The van der Waals surface area contributed by atoms with Crippen LogP contribution in [0.2, 0.25) is 0 Å². The topological polar surface area (TPSA) is 91.4 Å². The Morgan fingerprint density at radius 1 is 1.12 bits per heavy atom. The van der Waals surface area contributed by atoms with Crippen LogP contribution in [0, 0.1) is 18.7 Å². The lowest BCUT2D eigenvalue weighted by Crippen LogP contribution is -2.31. The number of aliphatic hydroxyl groups is 3. The summed E-state index contributed by atoms with van der Waals surface area (Å²) >= 11 is 0. The number of aliphatic hydroxyl groups excluding tert-OH is 3. The molecule has 0 spiro atoms. The average Bonchev–Trinajstić information content (AvgIpc) is 3.18. The van der Waals surface area contributed by atoms with Crippen LogP contribution >= 0.6 is 0 Å². The number of benzene rings is 1. The first-order chi connectivity index (χ1) is 12.5. The highest BCUT2D eigenvalue weighted by Gasteiger charge is 2.46. The fraction of sp³-hybridized carbons (Fsp3) is 0.368. The molecule has 0 radical (unpaired) electrons. The normalized spacial score (nSPS) is 27.1. The molecule has 1 saturated carbocycles. The van der Waals surface area contributed by atoms with Gasteiger partial charge in [0, 0.05) is 17.5 Å². The molecule has 4 rings (SSSR count). The van der Waals surface area contributed by atoms with Crippen LogP contribution in [0.25, 0.3) is 11.0 Å². The summed E-state index contributed by atoms with van der Waals surface area (Å²) < 4.78 is 14.9. The summed E-state index contributed by atoms with van der Waals surface area (Å²) in [4.78, 5) is 8.46. The molecule has 7 heteroatoms. The summed E-state index contributed by atoms with van der Waals surface area (Å²) in [6, 6.07) is 6.99. The predicted octanol–water partition coefficient (Wildman–Crippen LogP) is 1.90. The summed E-state index contributed by atoms with van der Waals surface area (Å²) in [5.41, 5.74) is 2.04. The van der Waals surface area contributed by atoms with E-state index in [0.29, 0.717) is 17.6 Å². The largest absolute Gasteiger partial charge is 0.390 e. The summed E-state index contributed by atoms with van der Waals surface area (Å²) in [7, 11) is 0. The first-order valence-electron chi connectivity index (χ1n) is 8.55. The third-order valence-electron chi connectivity index (χ3n) is 5.38. The Morgan fingerprint density at radius 3 is 2.58 bits per heavy atom. The summed E-state index contributed by atoms with van der Waals surface area (Å²) in [6.07, 6.45) is 0.522. The molecule has 0 aliphatic heterocycles. The molecule has 26 heavy (non-hydrogen) atoms. The molecule has 0 saturated heterocycles. The third kappa shape index (κ3) is 2.68. The van der Waals surface area contributed by atoms with E-state index in [0.717, 1.165) is 11.1 Å². The van der Waals surface area contributed by atoms with Crippen molar-refractivity contribution in [1.82, 2.24) is 14.5 Å². The molecule has 2 aromatic heterocycles. The maximum atomic E-state index is 13.1. The molecule has 6 nitrogen and oxygen atoms in total. The summed E-state index contributed by atoms with van der Waals surface area (Å²) in [5.74, 6) is -0.958. The Bertz CT molecular complexity index is 927. The number of nitrogens with zero attached hydrogens (tertiary/aromatic N) is 3. The standard InChI is InChI=1S/C19H20FN3O3/c1-10-13-6-7-23(19(13)22-9-21-10)15-8-14(17(25)18(15)26)16(24)11-2-4-12(20)5-3-11/h2-7,9,14-18,24-26H,8H2,1H3/t14-,15-,16?,17-,18+/m1/s1. The monoisotopic (exact) mass is 357 g/mol. The molecule has 1 aliphatic rings. The van der Waals surface area contributed by atoms with Crippen molar-refractivity contribution in [3.63, 3.8) is 0 Å². The number of rotatable bonds is 3. The van der Waals surface area contributed by atoms with E-state index in [2.05, 4.69) is 9.97 Å². The van der Waals surface area contributed by atoms with E-state index in [1.807, 2.05) is 23.8 Å². The number of halogens is 1. The third-order valence-corrected chi connectivity index (χ3v) is 5.38. The van der Waals surface area contributed by atoms with Crippen LogP contribution in [0.5, 0.6) is 0 Å². The molecule has 1 aromatic carbocycles. The van der Waals surface area contributed by atoms with Crippen molar-refractivity contribution in [1.29, 1.82) is 0 Å². The van der Waals surface area contributed by atoms with Crippen LogP contribution in [-0.2, 0) is 0 Å². The minimum absolute atomic E-state index is 0.369. The zero-order valence-corrected chi connectivity index (χ0v) is 14.2. The second-order valence-electron chi connectivity index (χ2n) is 6.86. The molecule has 1 fully saturated rings. The van der Waals surface area contributed by atoms with Gasteiger partial charge in [0.1, 0.15) is 23.9 Å². The fourth-order valence-corrected chi connectivity index (χ4v) is 3.90. The number of fused-ring (bicyclic) bond motifs is 1. The highest BCUT2D eigenvalue weighted by Crippen LogP contribution is 2.43. The van der Waals surface area contributed by atoms with Crippen LogP contribution in [0.15, 0.2) is 42.9 Å². The van der Waals surface area contributed by atoms with E-state index in [-0.39, 0.29) is 5.82 Å². The summed E-state index contributed by atoms with van der Waals surface area (Å²) in [6.45, 7) is 1.88. The van der Waals surface area contributed by atoms with Crippen LogP contribution in [0.3, 0.4) is 0 Å². The first kappa shape index (κ1) is 17.1. The van der Waals surface area contributed by atoms with Crippen LogP contribution < -0.4 is 0 Å². The van der Waals surface area contributed by atoms with E-state index >= 15 is 0 Å². The van der Waals surface area contributed by atoms with Gasteiger partial charge in [-0.2, -0.15) is 0 Å². The Hall–Kier alpha value is -2.35. The van der Waals surface area contributed by atoms with Crippen molar-refractivity contribution < 1.29 is 19.7 Å². The van der Waals surface area contributed by atoms with Gasteiger partial charge in [0.25, 0.3) is 0 Å². The number of hydrogen-bond donors (Lipinski definition) is 3. The minimum atomic E-state index is -1.10. The molecular weight excluding hydrogens is 337 g/mol. The second-order valence-corrected chi connectivity index (χ2v) is 6.86. The van der Waals surface area contributed by atoms with Gasteiger partial charge in [0.15, 0.2) is 0 Å². The number of aryl methyl sites for hydroxylation is 1. The molecule has 3 N–H and O–H groups in total. The van der Waals surface area contributed by atoms with E-state index in [1.165, 1.54) is 30.6 Å². The zero-order valence-electron chi connectivity index (χ0n) is 14.2. The fourth-order valence-electron chi connectivity index (χ4n) is 3.90. The van der Waals surface area contributed by atoms with Gasteiger partial charge in [-0.1, -0.05) is 12.1 Å². The lowest BCUT2D eigenvalue weighted by Gasteiger charge is -2.22. The number of aromatic nitrogens is 3. The minimum Gasteiger partial charge on any atom is -0.390 e. The Labute approximate surface area is 149 Å². The smallest absolute Gasteiger partial charge is 0.143 e. The molecular formula is C19H20FN3O3. The zero-order chi connectivity index (χ0) is 18.4. The van der Waals surface area contributed by atoms with Crippen molar-refractivity contribution >= 4 is 11.0 Å². The first-order valence-corrected chi connectivity index (χ1v) is 8.55. The molecule has 0 bridgehead atoms. The van der Waals surface area contributed by atoms with E-state index in [9.17, 15) is 19.7 Å². The SMILES string of the molecule is Cc1ncnc2c1ccn2[C@@H]1C[C@H](C(O)c2ccc(F)cc2)[C@@H](O)[C@H]1O. The van der Waals surface area contributed by atoms with Crippen molar-refractivity contribution in [2.75, 3.05) is 0 Å². The van der Waals surface area contributed by atoms with Gasteiger partial charge >= 0.3 is 0 Å². The van der Waals surface area contributed by atoms with Crippen LogP contribution in [-0.4, -0.2) is 42.1 Å². The van der Waals surface area contributed by atoms with Gasteiger partial charge in [0.05, 0.1) is 23.9 Å². The Morgan fingerprint density at radius 2 is 1.85 bits per heavy atom.